The number of nitrogens with zero attached hydrogens (tertiary/aromatic N) is 7. The van der Waals surface area contributed by atoms with Gasteiger partial charge in [0.15, 0.2) is 11.6 Å². The van der Waals surface area contributed by atoms with Gasteiger partial charge in [0.2, 0.25) is 17.7 Å². The second kappa shape index (κ2) is 23.1. The van der Waals surface area contributed by atoms with Crippen molar-refractivity contribution in [2.24, 2.45) is 5.92 Å². The summed E-state index contributed by atoms with van der Waals surface area (Å²) in [6.07, 6.45) is 4.71. The number of ether oxygens (including phenoxy) is 1. The minimum absolute atomic E-state index is 0.0149. The fraction of sp³-hybridized carbons (Fsp3) is 0.404. The van der Waals surface area contributed by atoms with Crippen LogP contribution in [0.2, 0.25) is 0 Å². The smallest absolute Gasteiger partial charge is 0.274 e. The topological polar surface area (TPSA) is 224 Å². The Balaban J connectivity index is 0.780. The van der Waals surface area contributed by atoms with Gasteiger partial charge in [0.1, 0.15) is 5.82 Å². The van der Waals surface area contributed by atoms with Crippen LogP contribution in [0.4, 0.5) is 10.1 Å². The van der Waals surface area contributed by atoms with Gasteiger partial charge in [0, 0.05) is 89.4 Å². The predicted molar refractivity (Wildman–Crippen MR) is 268 cm³/mol. The molecule has 5 N–H and O–H groups in total. The first-order valence-corrected chi connectivity index (χ1v) is 24.3. The molecule has 3 aliphatic heterocycles. The Kier molecular flexibility index (Phi) is 16.3. The average molecular weight is 969 g/mol. The van der Waals surface area contributed by atoms with Gasteiger partial charge >= 0.3 is 0 Å². The zero-order chi connectivity index (χ0) is 50.0. The quantitative estimate of drug-likeness (QED) is 0.0737. The second-order valence-electron chi connectivity index (χ2n) is 18.4. The van der Waals surface area contributed by atoms with E-state index in [0.717, 1.165) is 55.6 Å². The number of benzene rings is 3. The van der Waals surface area contributed by atoms with Crippen LogP contribution < -0.4 is 16.2 Å². The third kappa shape index (κ3) is 12.8. The molecular formula is C52H61FN12O6. The number of piperazine rings is 2. The molecule has 0 spiro atoms. The first-order valence-electron chi connectivity index (χ1n) is 24.3. The SMILES string of the molecule is CCc1cccc(-c2cnc(C(=O)N3CCN(CC4CCN(CC(=O)N5CCN(C(=O)c6cc(Cc7n[nH]c(=O)c8ccccc78)ccc6F)CC5)CC4)CC3)c(NC(=O)CNCC(=N)OC(C)=N)c2)c1. The molecule has 0 atom stereocenters. The van der Waals surface area contributed by atoms with Crippen molar-refractivity contribution < 1.29 is 28.3 Å². The molecule has 5 aromatic rings. The Morgan fingerprint density at radius 2 is 1.48 bits per heavy atom. The minimum atomic E-state index is -0.618. The number of halogens is 1. The maximum atomic E-state index is 15.1. The van der Waals surface area contributed by atoms with Gasteiger partial charge in [-0.25, -0.2) is 14.5 Å². The highest BCUT2D eigenvalue weighted by Gasteiger charge is 2.31. The highest BCUT2D eigenvalue weighted by atomic mass is 19.1. The molecule has 372 valence electrons. The number of hydrogen-bond donors (Lipinski definition) is 5. The van der Waals surface area contributed by atoms with Crippen molar-refractivity contribution in [3.8, 4) is 11.1 Å². The van der Waals surface area contributed by atoms with E-state index in [1.807, 2.05) is 30.3 Å². The van der Waals surface area contributed by atoms with E-state index in [-0.39, 0.29) is 53.5 Å². The summed E-state index contributed by atoms with van der Waals surface area (Å²) in [6, 6.07) is 21.4. The molecule has 0 aliphatic carbocycles. The monoisotopic (exact) mass is 968 g/mol. The molecule has 8 rings (SSSR count). The fourth-order valence-corrected chi connectivity index (χ4v) is 9.51. The van der Waals surface area contributed by atoms with Gasteiger partial charge in [-0.2, -0.15) is 5.10 Å². The number of aryl methyl sites for hydroxylation is 1. The minimum Gasteiger partial charge on any atom is -0.429 e. The zero-order valence-electron chi connectivity index (χ0n) is 40.3. The van der Waals surface area contributed by atoms with Crippen molar-refractivity contribution in [1.29, 1.82) is 10.8 Å². The van der Waals surface area contributed by atoms with Gasteiger partial charge in [0.25, 0.3) is 17.4 Å². The molecule has 4 amide bonds. The average Bonchev–Trinajstić information content (AvgIpc) is 3.38. The van der Waals surface area contributed by atoms with E-state index in [0.29, 0.717) is 99.0 Å². The van der Waals surface area contributed by atoms with Crippen molar-refractivity contribution in [3.05, 3.63) is 123 Å². The van der Waals surface area contributed by atoms with Gasteiger partial charge < -0.3 is 24.8 Å². The molecule has 71 heavy (non-hydrogen) atoms. The number of fused-ring (bicyclic) bond motifs is 1. The van der Waals surface area contributed by atoms with Gasteiger partial charge in [-0.1, -0.05) is 55.5 Å². The Labute approximate surface area is 411 Å². The van der Waals surface area contributed by atoms with E-state index < -0.39 is 17.6 Å². The second-order valence-corrected chi connectivity index (χ2v) is 18.4. The molecule has 0 saturated carbocycles. The number of pyridine rings is 1. The van der Waals surface area contributed by atoms with Crippen LogP contribution in [0, 0.1) is 22.6 Å². The summed E-state index contributed by atoms with van der Waals surface area (Å²) < 4.78 is 20.0. The molecule has 0 unspecified atom stereocenters. The lowest BCUT2D eigenvalue weighted by Crippen LogP contribution is -2.53. The molecule has 3 aliphatic rings. The molecule has 0 radical (unpaired) electrons. The van der Waals surface area contributed by atoms with Crippen LogP contribution in [0.25, 0.3) is 21.9 Å². The number of amides is 4. The Hall–Kier alpha value is -7.22. The van der Waals surface area contributed by atoms with Crippen molar-refractivity contribution >= 4 is 51.9 Å². The summed E-state index contributed by atoms with van der Waals surface area (Å²) in [7, 11) is 0. The number of likely N-dealkylation sites (tertiary alicyclic amines) is 1. The van der Waals surface area contributed by atoms with Crippen LogP contribution in [0.5, 0.6) is 0 Å². The zero-order valence-corrected chi connectivity index (χ0v) is 40.3. The highest BCUT2D eigenvalue weighted by molar-refractivity contribution is 6.03. The van der Waals surface area contributed by atoms with E-state index in [1.54, 1.807) is 51.2 Å². The molecular weight excluding hydrogens is 908 g/mol. The third-order valence-corrected chi connectivity index (χ3v) is 13.4. The molecule has 18 nitrogen and oxygen atoms in total. The van der Waals surface area contributed by atoms with Gasteiger partial charge in [-0.15, -0.1) is 0 Å². The Morgan fingerprint density at radius 3 is 2.21 bits per heavy atom. The highest BCUT2D eigenvalue weighted by Crippen LogP contribution is 2.27. The number of anilines is 1. The summed E-state index contributed by atoms with van der Waals surface area (Å²) >= 11 is 0. The lowest BCUT2D eigenvalue weighted by atomic mass is 9.96. The maximum absolute atomic E-state index is 15.1. The number of hydrogen-bond acceptors (Lipinski definition) is 13. The number of rotatable bonds is 15. The van der Waals surface area contributed by atoms with Crippen molar-refractivity contribution in [1.82, 2.24) is 45.0 Å². The summed E-state index contributed by atoms with van der Waals surface area (Å²) in [5, 5.41) is 28.9. The number of nitrogens with one attached hydrogen (secondary N) is 5. The molecule has 19 heteroatoms. The van der Waals surface area contributed by atoms with Crippen molar-refractivity contribution in [2.75, 3.05) is 96.9 Å². The molecule has 2 aromatic heterocycles. The number of carbonyl (C=O) groups is 4. The van der Waals surface area contributed by atoms with E-state index in [9.17, 15) is 24.0 Å². The number of carbonyl (C=O) groups excluding carboxylic acids is 4. The van der Waals surface area contributed by atoms with Gasteiger partial charge in [-0.3, -0.25) is 49.9 Å². The molecule has 0 bridgehead atoms. The Bertz CT molecular complexity index is 2850. The first kappa shape index (κ1) is 50.2. The number of H-pyrrole nitrogens is 1. The number of aromatic nitrogens is 3. The lowest BCUT2D eigenvalue weighted by molar-refractivity contribution is -0.134. The van der Waals surface area contributed by atoms with Gasteiger partial charge in [-0.05, 0) is 79.2 Å². The van der Waals surface area contributed by atoms with E-state index in [4.69, 9.17) is 15.6 Å². The van der Waals surface area contributed by atoms with Crippen LogP contribution in [0.15, 0.2) is 83.8 Å². The normalized spacial score (nSPS) is 16.0. The van der Waals surface area contributed by atoms with Crippen molar-refractivity contribution in [2.45, 2.75) is 39.5 Å². The third-order valence-electron chi connectivity index (χ3n) is 13.4. The number of aromatic amines is 1. The Morgan fingerprint density at radius 1 is 0.775 bits per heavy atom. The van der Waals surface area contributed by atoms with Crippen LogP contribution in [-0.4, -0.2) is 167 Å². The van der Waals surface area contributed by atoms with Crippen molar-refractivity contribution in [3.63, 3.8) is 0 Å². The van der Waals surface area contributed by atoms with Crippen LogP contribution in [-0.2, 0) is 27.2 Å². The summed E-state index contributed by atoms with van der Waals surface area (Å²) in [5.74, 6) is -1.58. The van der Waals surface area contributed by atoms with E-state index >= 15 is 4.39 Å². The molecule has 3 saturated heterocycles. The predicted octanol–water partition coefficient (Wildman–Crippen LogP) is 4.25. The maximum Gasteiger partial charge on any atom is 0.274 e. The molecule has 3 aromatic carbocycles. The van der Waals surface area contributed by atoms with Gasteiger partial charge in [0.05, 0.1) is 42.0 Å². The summed E-state index contributed by atoms with van der Waals surface area (Å²) in [5.41, 5.74) is 4.25. The molecule has 3 fully saturated rings. The first-order chi connectivity index (χ1) is 34.3. The number of piperidine rings is 1. The van der Waals surface area contributed by atoms with E-state index in [1.165, 1.54) is 13.0 Å². The van der Waals surface area contributed by atoms with E-state index in [2.05, 4.69) is 48.6 Å². The lowest BCUT2D eigenvalue weighted by Gasteiger charge is -2.39. The van der Waals surface area contributed by atoms with Crippen LogP contribution in [0.3, 0.4) is 0 Å². The standard InChI is InChI=1S/C52H61FN12O6/c1-3-35-7-6-8-38(25-35)39-28-45(58-47(66)31-56-30-46(55)71-34(2)54)49(57-29-39)52(70)65-19-17-62(18-20-65)32-36-13-15-61(16-14-36)33-48(67)63-21-23-64(24-22-63)51(69)42-26-37(11-12-43(42)53)27-44-40-9-4-5-10-41(40)50(68)60-59-44/h4-12,25-26,28-29,36,54-56H,3,13-24,27,30-33H2,1-2H3,(H,58,66)(H,60,68). The largest absolute Gasteiger partial charge is 0.429 e. The fourth-order valence-electron chi connectivity index (χ4n) is 9.51. The molecule has 5 heterocycles. The van der Waals surface area contributed by atoms with Crippen LogP contribution >= 0.6 is 0 Å². The summed E-state index contributed by atoms with van der Waals surface area (Å²) in [6.45, 7) is 9.80. The van der Waals surface area contributed by atoms with Crippen LogP contribution in [0.1, 0.15) is 64.4 Å². The summed E-state index contributed by atoms with van der Waals surface area (Å²) in [4.78, 5) is 80.8.